The van der Waals surface area contributed by atoms with Crippen LogP contribution in [0.3, 0.4) is 0 Å². The van der Waals surface area contributed by atoms with E-state index in [0.717, 1.165) is 12.8 Å². The Balaban J connectivity index is 0.000000280. The summed E-state index contributed by atoms with van der Waals surface area (Å²) in [5, 5.41) is 6.47. The number of amides is 2. The number of nitrogens with zero attached hydrogens (tertiary/aromatic N) is 2. The van der Waals surface area contributed by atoms with E-state index in [4.69, 9.17) is 23.2 Å². The molecule has 0 saturated carbocycles. The third kappa shape index (κ3) is 8.67. The quantitative estimate of drug-likeness (QED) is 0.667. The maximum absolute atomic E-state index is 11.5. The van der Waals surface area contributed by atoms with Crippen molar-refractivity contribution in [3.63, 3.8) is 0 Å². The smallest absolute Gasteiger partial charge is 0.253 e. The molecular formula is C20H26Cl2N4O2. The molecule has 0 aromatic carbocycles. The van der Waals surface area contributed by atoms with E-state index in [2.05, 4.69) is 20.6 Å². The van der Waals surface area contributed by atoms with Crippen molar-refractivity contribution in [2.75, 3.05) is 0 Å². The van der Waals surface area contributed by atoms with Crippen LogP contribution in [0, 0.1) is 0 Å². The number of carbonyl (C=O) groups is 2. The first-order valence-electron chi connectivity index (χ1n) is 9.11. The summed E-state index contributed by atoms with van der Waals surface area (Å²) in [6.45, 7) is 7.96. The Morgan fingerprint density at radius 1 is 0.821 bits per heavy atom. The molecule has 2 atom stereocenters. The molecule has 0 spiro atoms. The Morgan fingerprint density at radius 2 is 1.18 bits per heavy atom. The van der Waals surface area contributed by atoms with Gasteiger partial charge in [0.1, 0.15) is 10.3 Å². The van der Waals surface area contributed by atoms with Crippen LogP contribution in [-0.2, 0) is 0 Å². The molecule has 2 aromatic rings. The minimum absolute atomic E-state index is 0.108. The van der Waals surface area contributed by atoms with E-state index in [1.54, 1.807) is 24.3 Å². The minimum atomic E-state index is -0.108. The van der Waals surface area contributed by atoms with E-state index < -0.39 is 0 Å². The standard InChI is InChI=1S/2C10H13ClN2O/c2*1-3-7(2)13-10(14)8-4-5-9(11)12-6-8/h2*4-7H,3H2,1-2H3,(H,13,14). The van der Waals surface area contributed by atoms with Gasteiger partial charge in [-0.15, -0.1) is 0 Å². The molecule has 2 rings (SSSR count). The van der Waals surface area contributed by atoms with Crippen molar-refractivity contribution in [1.82, 2.24) is 20.6 Å². The zero-order chi connectivity index (χ0) is 21.1. The van der Waals surface area contributed by atoms with Gasteiger partial charge in [0.2, 0.25) is 0 Å². The molecule has 0 aliphatic heterocycles. The lowest BCUT2D eigenvalue weighted by Gasteiger charge is -2.10. The van der Waals surface area contributed by atoms with E-state index in [9.17, 15) is 9.59 Å². The molecule has 2 amide bonds. The van der Waals surface area contributed by atoms with Crippen LogP contribution in [-0.4, -0.2) is 33.9 Å². The zero-order valence-electron chi connectivity index (χ0n) is 16.5. The van der Waals surface area contributed by atoms with Gasteiger partial charge in [0.25, 0.3) is 11.8 Å². The molecule has 8 heteroatoms. The van der Waals surface area contributed by atoms with Crippen LogP contribution in [0.1, 0.15) is 61.3 Å². The van der Waals surface area contributed by atoms with E-state index in [1.807, 2.05) is 27.7 Å². The van der Waals surface area contributed by atoms with E-state index >= 15 is 0 Å². The first-order valence-corrected chi connectivity index (χ1v) is 9.87. The average molecular weight is 425 g/mol. The Morgan fingerprint density at radius 3 is 1.43 bits per heavy atom. The summed E-state index contributed by atoms with van der Waals surface area (Å²) in [7, 11) is 0. The van der Waals surface area contributed by atoms with Crippen LogP contribution in [0.5, 0.6) is 0 Å². The van der Waals surface area contributed by atoms with Crippen LogP contribution in [0.2, 0.25) is 10.3 Å². The molecule has 6 nitrogen and oxygen atoms in total. The number of halogens is 2. The number of carbonyl (C=O) groups excluding carboxylic acids is 2. The second-order valence-corrected chi connectivity index (χ2v) is 7.08. The van der Waals surface area contributed by atoms with E-state index in [0.29, 0.717) is 21.4 Å². The van der Waals surface area contributed by atoms with Crippen molar-refractivity contribution in [3.8, 4) is 0 Å². The Labute approximate surface area is 176 Å². The Bertz CT molecular complexity index is 686. The molecule has 28 heavy (non-hydrogen) atoms. The highest BCUT2D eigenvalue weighted by atomic mass is 35.5. The van der Waals surface area contributed by atoms with Crippen molar-refractivity contribution >= 4 is 35.0 Å². The maximum Gasteiger partial charge on any atom is 0.253 e. The van der Waals surface area contributed by atoms with Gasteiger partial charge in [-0.3, -0.25) is 9.59 Å². The summed E-state index contributed by atoms with van der Waals surface area (Å²) in [6.07, 6.45) is 4.76. The number of hydrogen-bond acceptors (Lipinski definition) is 4. The second kappa shape index (κ2) is 12.3. The van der Waals surface area contributed by atoms with Crippen LogP contribution in [0.4, 0.5) is 0 Å². The SMILES string of the molecule is CCC(C)NC(=O)c1ccc(Cl)nc1.CCC(C)NC(=O)c1ccc(Cl)nc1. The second-order valence-electron chi connectivity index (χ2n) is 6.30. The van der Waals surface area contributed by atoms with Crippen LogP contribution < -0.4 is 10.6 Å². The molecule has 2 aromatic heterocycles. The molecule has 0 radical (unpaired) electrons. The number of pyridine rings is 2. The van der Waals surface area contributed by atoms with Gasteiger partial charge in [0.15, 0.2) is 0 Å². The first-order chi connectivity index (χ1) is 13.3. The molecule has 2 unspecified atom stereocenters. The van der Waals surface area contributed by atoms with Gasteiger partial charge >= 0.3 is 0 Å². The summed E-state index contributed by atoms with van der Waals surface area (Å²) < 4.78 is 0. The maximum atomic E-state index is 11.5. The minimum Gasteiger partial charge on any atom is -0.350 e. The number of aromatic nitrogens is 2. The summed E-state index contributed by atoms with van der Waals surface area (Å²) in [6, 6.07) is 6.89. The molecule has 0 fully saturated rings. The summed E-state index contributed by atoms with van der Waals surface area (Å²) in [5.74, 6) is -0.216. The fourth-order valence-electron chi connectivity index (χ4n) is 1.84. The molecule has 0 aliphatic rings. The lowest BCUT2D eigenvalue weighted by Crippen LogP contribution is -2.31. The largest absolute Gasteiger partial charge is 0.350 e. The number of rotatable bonds is 6. The van der Waals surface area contributed by atoms with Gasteiger partial charge in [-0.1, -0.05) is 37.0 Å². The fourth-order valence-corrected chi connectivity index (χ4v) is 2.06. The highest BCUT2D eigenvalue weighted by Gasteiger charge is 2.09. The van der Waals surface area contributed by atoms with Gasteiger partial charge in [-0.25, -0.2) is 9.97 Å². The Hall–Kier alpha value is -2.18. The van der Waals surface area contributed by atoms with Gasteiger partial charge in [0.05, 0.1) is 11.1 Å². The summed E-state index contributed by atoms with van der Waals surface area (Å²) in [5.41, 5.74) is 1.07. The highest BCUT2D eigenvalue weighted by molar-refractivity contribution is 6.29. The predicted molar refractivity (Wildman–Crippen MR) is 113 cm³/mol. The van der Waals surface area contributed by atoms with Crippen molar-refractivity contribution in [2.24, 2.45) is 0 Å². The van der Waals surface area contributed by atoms with Crippen molar-refractivity contribution in [2.45, 2.75) is 52.6 Å². The predicted octanol–water partition coefficient (Wildman–Crippen LogP) is 4.53. The summed E-state index contributed by atoms with van der Waals surface area (Å²) in [4.78, 5) is 30.7. The third-order valence-electron chi connectivity index (χ3n) is 3.96. The van der Waals surface area contributed by atoms with Crippen LogP contribution in [0.25, 0.3) is 0 Å². The van der Waals surface area contributed by atoms with Gasteiger partial charge < -0.3 is 10.6 Å². The number of nitrogens with one attached hydrogen (secondary N) is 2. The molecular weight excluding hydrogens is 399 g/mol. The van der Waals surface area contributed by atoms with Crippen molar-refractivity contribution < 1.29 is 9.59 Å². The highest BCUT2D eigenvalue weighted by Crippen LogP contribution is 2.06. The van der Waals surface area contributed by atoms with Crippen molar-refractivity contribution in [3.05, 3.63) is 58.1 Å². The molecule has 0 aliphatic carbocycles. The normalized spacial score (nSPS) is 12.2. The van der Waals surface area contributed by atoms with Gasteiger partial charge in [-0.05, 0) is 51.0 Å². The fraction of sp³-hybridized carbons (Fsp3) is 0.400. The molecule has 2 heterocycles. The van der Waals surface area contributed by atoms with Crippen LogP contribution >= 0.6 is 23.2 Å². The van der Waals surface area contributed by atoms with Crippen LogP contribution in [0.15, 0.2) is 36.7 Å². The van der Waals surface area contributed by atoms with E-state index in [1.165, 1.54) is 12.4 Å². The molecule has 2 N–H and O–H groups in total. The lowest BCUT2D eigenvalue weighted by molar-refractivity contribution is 0.0930. The Kier molecular flexibility index (Phi) is 10.5. The third-order valence-corrected chi connectivity index (χ3v) is 4.41. The van der Waals surface area contributed by atoms with E-state index in [-0.39, 0.29) is 23.9 Å². The summed E-state index contributed by atoms with van der Waals surface area (Å²) >= 11 is 11.2. The van der Waals surface area contributed by atoms with Crippen molar-refractivity contribution in [1.29, 1.82) is 0 Å². The topological polar surface area (TPSA) is 84.0 Å². The lowest BCUT2D eigenvalue weighted by atomic mass is 10.2. The number of hydrogen-bond donors (Lipinski definition) is 2. The molecule has 0 saturated heterocycles. The first kappa shape index (κ1) is 23.9. The van der Waals surface area contributed by atoms with Gasteiger partial charge in [-0.2, -0.15) is 0 Å². The average Bonchev–Trinajstić information content (AvgIpc) is 2.69. The molecule has 0 bridgehead atoms. The van der Waals surface area contributed by atoms with Gasteiger partial charge in [0, 0.05) is 24.5 Å². The zero-order valence-corrected chi connectivity index (χ0v) is 18.0. The molecule has 152 valence electrons. The monoisotopic (exact) mass is 424 g/mol.